The molecule has 0 saturated carbocycles. The van der Waals surface area contributed by atoms with Gasteiger partial charge in [-0.25, -0.2) is 0 Å². The van der Waals surface area contributed by atoms with Gasteiger partial charge in [0, 0.05) is 11.3 Å². The Morgan fingerprint density at radius 1 is 1.78 bits per heavy atom. The fourth-order valence-electron chi connectivity index (χ4n) is 0.839. The van der Waals surface area contributed by atoms with Gasteiger partial charge in [0.25, 0.3) is 0 Å². The van der Waals surface area contributed by atoms with E-state index in [1.54, 1.807) is 0 Å². The van der Waals surface area contributed by atoms with Crippen molar-refractivity contribution in [2.45, 2.75) is 12.5 Å². The van der Waals surface area contributed by atoms with E-state index >= 15 is 0 Å². The molecule has 1 nitrogen and oxygen atoms in total. The molecule has 1 unspecified atom stereocenters. The Kier molecular flexibility index (Phi) is 1.28. The average molecular weight is 140 g/mol. The lowest BCUT2D eigenvalue weighted by Crippen LogP contribution is -1.87. The molecular formula is C7H8OS. The molecule has 0 aliphatic carbocycles. The molecule has 1 aliphatic heterocycles. The van der Waals surface area contributed by atoms with Gasteiger partial charge in [0.2, 0.25) is 0 Å². The molecule has 0 bridgehead atoms. The van der Waals surface area contributed by atoms with Gasteiger partial charge in [-0.15, -0.1) is 11.3 Å². The number of hydrogen-bond acceptors (Lipinski definition) is 2. The van der Waals surface area contributed by atoms with Crippen LogP contribution in [0.25, 0.3) is 0 Å². The maximum absolute atomic E-state index is 5.09. The van der Waals surface area contributed by atoms with Crippen LogP contribution in [0.5, 0.6) is 0 Å². The minimum Gasteiger partial charge on any atom is -0.373 e. The summed E-state index contributed by atoms with van der Waals surface area (Å²) >= 11 is 1.81. The van der Waals surface area contributed by atoms with Gasteiger partial charge in [-0.1, -0.05) is 6.07 Å². The van der Waals surface area contributed by atoms with E-state index in [0.29, 0.717) is 6.10 Å². The molecule has 9 heavy (non-hydrogen) atoms. The lowest BCUT2D eigenvalue weighted by atomic mass is 10.3. The molecule has 2 heteroatoms. The van der Waals surface area contributed by atoms with Crippen LogP contribution in [0.1, 0.15) is 4.88 Å². The van der Waals surface area contributed by atoms with Crippen LogP contribution in [0, 0.1) is 0 Å². The van der Waals surface area contributed by atoms with Gasteiger partial charge < -0.3 is 4.74 Å². The molecule has 0 aromatic carbocycles. The fourth-order valence-corrected chi connectivity index (χ4v) is 1.61. The summed E-state index contributed by atoms with van der Waals surface area (Å²) in [6, 6.07) is 4.24. The monoisotopic (exact) mass is 140 g/mol. The molecule has 1 atom stereocenters. The standard InChI is InChI=1S/C7H8OS/c1-2-7(9-3-1)4-6-5-8-6/h1-3,6H,4-5H2. The van der Waals surface area contributed by atoms with Crippen LogP contribution in [-0.2, 0) is 11.2 Å². The van der Waals surface area contributed by atoms with Gasteiger partial charge >= 0.3 is 0 Å². The van der Waals surface area contributed by atoms with Crippen molar-refractivity contribution in [3.05, 3.63) is 22.4 Å². The first-order valence-electron chi connectivity index (χ1n) is 3.09. The van der Waals surface area contributed by atoms with Crippen LogP contribution in [0.15, 0.2) is 17.5 Å². The zero-order chi connectivity index (χ0) is 6.10. The number of thiophene rings is 1. The third-order valence-corrected chi connectivity index (χ3v) is 2.31. The van der Waals surface area contributed by atoms with Gasteiger partial charge in [-0.3, -0.25) is 0 Å². The second-order valence-corrected chi connectivity index (χ2v) is 3.27. The first kappa shape index (κ1) is 5.45. The molecule has 2 rings (SSSR count). The third-order valence-electron chi connectivity index (χ3n) is 1.41. The Morgan fingerprint density at radius 2 is 2.67 bits per heavy atom. The highest BCUT2D eigenvalue weighted by atomic mass is 32.1. The summed E-state index contributed by atoms with van der Waals surface area (Å²) in [4.78, 5) is 1.44. The van der Waals surface area contributed by atoms with Gasteiger partial charge in [-0.2, -0.15) is 0 Å². The van der Waals surface area contributed by atoms with E-state index in [2.05, 4.69) is 17.5 Å². The van der Waals surface area contributed by atoms with E-state index in [1.165, 1.54) is 4.88 Å². The minimum atomic E-state index is 0.545. The Labute approximate surface area is 58.3 Å². The zero-order valence-corrected chi connectivity index (χ0v) is 5.86. The molecule has 1 aliphatic rings. The van der Waals surface area contributed by atoms with Gasteiger partial charge in [-0.05, 0) is 11.4 Å². The smallest absolute Gasteiger partial charge is 0.0858 e. The third kappa shape index (κ3) is 1.32. The Bertz CT molecular complexity index is 177. The number of epoxide rings is 1. The maximum atomic E-state index is 5.09. The molecule has 0 amide bonds. The van der Waals surface area contributed by atoms with Gasteiger partial charge in [0.05, 0.1) is 12.7 Å². The Morgan fingerprint density at radius 3 is 3.22 bits per heavy atom. The summed E-state index contributed by atoms with van der Waals surface area (Å²) in [5.41, 5.74) is 0. The van der Waals surface area contributed by atoms with Crippen molar-refractivity contribution in [2.24, 2.45) is 0 Å². The number of hydrogen-bond donors (Lipinski definition) is 0. The molecule has 1 fully saturated rings. The summed E-state index contributed by atoms with van der Waals surface area (Å²) in [6.07, 6.45) is 1.67. The molecule has 0 spiro atoms. The lowest BCUT2D eigenvalue weighted by molar-refractivity contribution is 0.408. The second kappa shape index (κ2) is 2.12. The summed E-state index contributed by atoms with van der Waals surface area (Å²) in [5, 5.41) is 2.11. The Balaban J connectivity index is 1.99. The highest BCUT2D eigenvalue weighted by molar-refractivity contribution is 7.09. The van der Waals surface area contributed by atoms with Crippen LogP contribution >= 0.6 is 11.3 Å². The van der Waals surface area contributed by atoms with Crippen molar-refractivity contribution < 1.29 is 4.74 Å². The average Bonchev–Trinajstić information content (AvgIpc) is 2.46. The molecule has 1 saturated heterocycles. The Hall–Kier alpha value is -0.340. The number of ether oxygens (including phenoxy) is 1. The van der Waals surface area contributed by atoms with Crippen molar-refractivity contribution in [3.8, 4) is 0 Å². The molecule has 2 heterocycles. The molecule has 1 aromatic heterocycles. The van der Waals surface area contributed by atoms with Crippen molar-refractivity contribution in [2.75, 3.05) is 6.61 Å². The van der Waals surface area contributed by atoms with Crippen LogP contribution in [0.2, 0.25) is 0 Å². The zero-order valence-electron chi connectivity index (χ0n) is 5.04. The van der Waals surface area contributed by atoms with E-state index in [9.17, 15) is 0 Å². The lowest BCUT2D eigenvalue weighted by Gasteiger charge is -1.86. The van der Waals surface area contributed by atoms with Crippen molar-refractivity contribution in [3.63, 3.8) is 0 Å². The van der Waals surface area contributed by atoms with E-state index < -0.39 is 0 Å². The summed E-state index contributed by atoms with van der Waals surface area (Å²) in [6.45, 7) is 0.970. The van der Waals surface area contributed by atoms with Gasteiger partial charge in [0.1, 0.15) is 0 Å². The molecule has 0 N–H and O–H groups in total. The van der Waals surface area contributed by atoms with Crippen molar-refractivity contribution in [1.29, 1.82) is 0 Å². The largest absolute Gasteiger partial charge is 0.373 e. The quantitative estimate of drug-likeness (QED) is 0.569. The SMILES string of the molecule is c1csc(CC2CO2)c1. The predicted octanol–water partition coefficient (Wildman–Crippen LogP) is 1.69. The van der Waals surface area contributed by atoms with E-state index in [4.69, 9.17) is 4.74 Å². The fraction of sp³-hybridized carbons (Fsp3) is 0.429. The maximum Gasteiger partial charge on any atom is 0.0858 e. The molecular weight excluding hydrogens is 132 g/mol. The topological polar surface area (TPSA) is 12.5 Å². The van der Waals surface area contributed by atoms with Gasteiger partial charge in [0.15, 0.2) is 0 Å². The summed E-state index contributed by atoms with van der Waals surface area (Å²) < 4.78 is 5.09. The molecule has 48 valence electrons. The first-order chi connectivity index (χ1) is 4.45. The van der Waals surface area contributed by atoms with E-state index in [-0.39, 0.29) is 0 Å². The minimum absolute atomic E-state index is 0.545. The molecule has 0 radical (unpaired) electrons. The van der Waals surface area contributed by atoms with Crippen LogP contribution in [0.3, 0.4) is 0 Å². The van der Waals surface area contributed by atoms with E-state index in [0.717, 1.165) is 13.0 Å². The first-order valence-corrected chi connectivity index (χ1v) is 3.97. The van der Waals surface area contributed by atoms with Crippen LogP contribution in [0.4, 0.5) is 0 Å². The second-order valence-electron chi connectivity index (χ2n) is 2.24. The molecule has 1 aromatic rings. The predicted molar refractivity (Wildman–Crippen MR) is 37.8 cm³/mol. The summed E-state index contributed by atoms with van der Waals surface area (Å²) in [5.74, 6) is 0. The van der Waals surface area contributed by atoms with Crippen molar-refractivity contribution >= 4 is 11.3 Å². The van der Waals surface area contributed by atoms with E-state index in [1.807, 2.05) is 11.3 Å². The van der Waals surface area contributed by atoms with Crippen molar-refractivity contribution in [1.82, 2.24) is 0 Å². The highest BCUT2D eigenvalue weighted by Gasteiger charge is 2.22. The summed E-state index contributed by atoms with van der Waals surface area (Å²) in [7, 11) is 0. The highest BCUT2D eigenvalue weighted by Crippen LogP contribution is 2.18. The van der Waals surface area contributed by atoms with Crippen LogP contribution < -0.4 is 0 Å². The van der Waals surface area contributed by atoms with Crippen LogP contribution in [-0.4, -0.2) is 12.7 Å². The number of rotatable bonds is 2. The normalized spacial score (nSPS) is 24.2.